The standard InChI is InChI=1S/C20H19N3O2/c1-22-17-11-12(25-2)7-8-15(17)20(24)23-10-9-14-13-5-3-4-6-16(13)21-18(14)19(22)23/h3-8,11,19,21H,9-10H2,1-2H3/t19-/m0/s1. The normalized spacial score (nSPS) is 18.8. The molecule has 0 bridgehead atoms. The van der Waals surface area contributed by atoms with E-state index >= 15 is 0 Å². The van der Waals surface area contributed by atoms with E-state index in [-0.39, 0.29) is 12.1 Å². The first-order valence-corrected chi connectivity index (χ1v) is 8.50. The van der Waals surface area contributed by atoms with Gasteiger partial charge in [0, 0.05) is 30.6 Å². The van der Waals surface area contributed by atoms with E-state index in [2.05, 4.69) is 28.1 Å². The third-order valence-corrected chi connectivity index (χ3v) is 5.45. The van der Waals surface area contributed by atoms with Gasteiger partial charge in [-0.3, -0.25) is 4.79 Å². The molecule has 2 aromatic carbocycles. The summed E-state index contributed by atoms with van der Waals surface area (Å²) in [7, 11) is 3.69. The van der Waals surface area contributed by atoms with Crippen molar-refractivity contribution in [1.82, 2.24) is 9.88 Å². The van der Waals surface area contributed by atoms with E-state index in [0.717, 1.165) is 41.2 Å². The Morgan fingerprint density at radius 2 is 2.04 bits per heavy atom. The summed E-state index contributed by atoms with van der Waals surface area (Å²) in [6.07, 6.45) is 0.768. The first-order valence-electron chi connectivity index (χ1n) is 8.50. The molecule has 3 aromatic rings. The predicted octanol–water partition coefficient (Wildman–Crippen LogP) is 3.32. The number of para-hydroxylation sites is 1. The number of nitrogens with one attached hydrogen (secondary N) is 1. The van der Waals surface area contributed by atoms with E-state index in [9.17, 15) is 4.79 Å². The summed E-state index contributed by atoms with van der Waals surface area (Å²) in [5, 5.41) is 1.26. The number of hydrogen-bond donors (Lipinski definition) is 1. The number of amides is 1. The molecule has 3 heterocycles. The van der Waals surface area contributed by atoms with Gasteiger partial charge in [0.15, 0.2) is 0 Å². The largest absolute Gasteiger partial charge is 0.497 e. The van der Waals surface area contributed by atoms with Crippen molar-refractivity contribution in [1.29, 1.82) is 0 Å². The molecule has 1 atom stereocenters. The van der Waals surface area contributed by atoms with Crippen molar-refractivity contribution in [3.05, 3.63) is 59.3 Å². The molecule has 2 aliphatic heterocycles. The van der Waals surface area contributed by atoms with Crippen LogP contribution in [-0.4, -0.2) is 36.5 Å². The van der Waals surface area contributed by atoms with Crippen LogP contribution in [-0.2, 0) is 6.42 Å². The number of hydrogen-bond acceptors (Lipinski definition) is 3. The number of fused-ring (bicyclic) bond motifs is 6. The summed E-state index contributed by atoms with van der Waals surface area (Å²) in [4.78, 5) is 20.8. The van der Waals surface area contributed by atoms with E-state index in [0.29, 0.717) is 0 Å². The topological polar surface area (TPSA) is 48.6 Å². The monoisotopic (exact) mass is 333 g/mol. The average Bonchev–Trinajstić information content (AvgIpc) is 3.03. The molecule has 2 aliphatic rings. The molecule has 5 rings (SSSR count). The maximum absolute atomic E-state index is 13.1. The van der Waals surface area contributed by atoms with E-state index in [1.807, 2.05) is 36.2 Å². The lowest BCUT2D eigenvalue weighted by molar-refractivity contribution is 0.0634. The molecule has 0 fully saturated rings. The van der Waals surface area contributed by atoms with Crippen LogP contribution < -0.4 is 9.64 Å². The first kappa shape index (κ1) is 14.4. The number of ether oxygens (including phenoxy) is 1. The molecule has 5 nitrogen and oxygen atoms in total. The van der Waals surface area contributed by atoms with Crippen molar-refractivity contribution in [3.8, 4) is 5.75 Å². The number of rotatable bonds is 1. The van der Waals surface area contributed by atoms with Crippen molar-refractivity contribution in [2.75, 3.05) is 25.6 Å². The zero-order valence-electron chi connectivity index (χ0n) is 14.2. The molecule has 25 heavy (non-hydrogen) atoms. The summed E-state index contributed by atoms with van der Waals surface area (Å²) in [5.74, 6) is 0.851. The van der Waals surface area contributed by atoms with Gasteiger partial charge in [0.1, 0.15) is 11.9 Å². The van der Waals surface area contributed by atoms with Crippen LogP contribution in [0.15, 0.2) is 42.5 Å². The third-order valence-electron chi connectivity index (χ3n) is 5.45. The van der Waals surface area contributed by atoms with Crippen molar-refractivity contribution in [2.24, 2.45) is 0 Å². The van der Waals surface area contributed by atoms with Crippen LogP contribution in [0.4, 0.5) is 5.69 Å². The molecule has 0 unspecified atom stereocenters. The van der Waals surface area contributed by atoms with Crippen LogP contribution in [0.5, 0.6) is 5.75 Å². The Kier molecular flexibility index (Phi) is 2.89. The van der Waals surface area contributed by atoms with E-state index in [1.54, 1.807) is 7.11 Å². The molecule has 1 N–H and O–H groups in total. The molecule has 126 valence electrons. The number of nitrogens with zero attached hydrogens (tertiary/aromatic N) is 2. The van der Waals surface area contributed by atoms with Crippen molar-refractivity contribution in [2.45, 2.75) is 12.6 Å². The van der Waals surface area contributed by atoms with Crippen molar-refractivity contribution >= 4 is 22.5 Å². The lowest BCUT2D eigenvalue weighted by Crippen LogP contribution is -2.51. The smallest absolute Gasteiger partial charge is 0.257 e. The molecule has 0 radical (unpaired) electrons. The highest BCUT2D eigenvalue weighted by atomic mass is 16.5. The van der Waals surface area contributed by atoms with Gasteiger partial charge in [-0.15, -0.1) is 0 Å². The van der Waals surface area contributed by atoms with Gasteiger partial charge >= 0.3 is 0 Å². The fraction of sp³-hybridized carbons (Fsp3) is 0.250. The molecule has 0 spiro atoms. The fourth-order valence-corrected chi connectivity index (χ4v) is 4.23. The minimum Gasteiger partial charge on any atom is -0.497 e. The number of methoxy groups -OCH3 is 1. The highest BCUT2D eigenvalue weighted by Gasteiger charge is 2.41. The SMILES string of the molecule is COc1ccc2c(c1)N(C)[C@@H]1c3[nH]c4ccccc4c3CCN1C2=O. The van der Waals surface area contributed by atoms with Crippen LogP contribution in [0, 0.1) is 0 Å². The summed E-state index contributed by atoms with van der Waals surface area (Å²) >= 11 is 0. The van der Waals surface area contributed by atoms with Gasteiger partial charge in [0.05, 0.1) is 24.1 Å². The predicted molar refractivity (Wildman–Crippen MR) is 97.2 cm³/mol. The molecule has 1 amide bonds. The van der Waals surface area contributed by atoms with Crippen LogP contribution in [0.25, 0.3) is 10.9 Å². The maximum atomic E-state index is 13.1. The first-order chi connectivity index (χ1) is 12.2. The molecule has 5 heteroatoms. The summed E-state index contributed by atoms with van der Waals surface area (Å²) in [6, 6.07) is 14.0. The van der Waals surface area contributed by atoms with Crippen LogP contribution in [0.1, 0.15) is 27.8 Å². The molecular formula is C20H19N3O2. The Labute approximate surface area is 145 Å². The number of aromatic nitrogens is 1. The van der Waals surface area contributed by atoms with Crippen LogP contribution >= 0.6 is 0 Å². The zero-order chi connectivity index (χ0) is 17.1. The van der Waals surface area contributed by atoms with E-state index < -0.39 is 0 Å². The second-order valence-corrected chi connectivity index (χ2v) is 6.68. The minimum absolute atomic E-state index is 0.0880. The number of carbonyl (C=O) groups excluding carboxylic acids is 1. The van der Waals surface area contributed by atoms with Gasteiger partial charge in [0.25, 0.3) is 5.91 Å². The van der Waals surface area contributed by atoms with Gasteiger partial charge in [-0.25, -0.2) is 0 Å². The second-order valence-electron chi connectivity index (χ2n) is 6.68. The number of aromatic amines is 1. The summed E-state index contributed by atoms with van der Waals surface area (Å²) in [6.45, 7) is 0.730. The molecular weight excluding hydrogens is 314 g/mol. The Hall–Kier alpha value is -2.95. The third kappa shape index (κ3) is 1.86. The Morgan fingerprint density at radius 1 is 1.20 bits per heavy atom. The van der Waals surface area contributed by atoms with E-state index in [1.165, 1.54) is 10.9 Å². The number of benzene rings is 2. The molecule has 0 saturated carbocycles. The Balaban J connectivity index is 1.71. The fourth-order valence-electron chi connectivity index (χ4n) is 4.23. The maximum Gasteiger partial charge on any atom is 0.257 e. The van der Waals surface area contributed by atoms with Gasteiger partial charge in [0.2, 0.25) is 0 Å². The van der Waals surface area contributed by atoms with Gasteiger partial charge in [-0.05, 0) is 30.2 Å². The van der Waals surface area contributed by atoms with Gasteiger partial charge in [-0.2, -0.15) is 0 Å². The number of carbonyl (C=O) groups is 1. The summed E-state index contributed by atoms with van der Waals surface area (Å²) in [5.41, 5.74) is 5.22. The highest BCUT2D eigenvalue weighted by molar-refractivity contribution is 6.03. The number of H-pyrrole nitrogens is 1. The average molecular weight is 333 g/mol. The van der Waals surface area contributed by atoms with Crippen molar-refractivity contribution in [3.63, 3.8) is 0 Å². The minimum atomic E-state index is -0.108. The number of anilines is 1. The van der Waals surface area contributed by atoms with Crippen LogP contribution in [0.2, 0.25) is 0 Å². The van der Waals surface area contributed by atoms with Crippen molar-refractivity contribution < 1.29 is 9.53 Å². The molecule has 1 aromatic heterocycles. The molecule has 0 saturated heterocycles. The Bertz CT molecular complexity index is 1010. The van der Waals surface area contributed by atoms with Crippen LogP contribution in [0.3, 0.4) is 0 Å². The second kappa shape index (κ2) is 5.02. The van der Waals surface area contributed by atoms with Gasteiger partial charge < -0.3 is 19.5 Å². The lowest BCUT2D eigenvalue weighted by atomic mass is 9.96. The van der Waals surface area contributed by atoms with Gasteiger partial charge in [-0.1, -0.05) is 18.2 Å². The molecule has 0 aliphatic carbocycles. The Morgan fingerprint density at radius 3 is 2.88 bits per heavy atom. The lowest BCUT2D eigenvalue weighted by Gasteiger charge is -2.46. The zero-order valence-corrected chi connectivity index (χ0v) is 14.2. The quantitative estimate of drug-likeness (QED) is 0.743. The highest BCUT2D eigenvalue weighted by Crippen LogP contribution is 2.43. The van der Waals surface area contributed by atoms with E-state index in [4.69, 9.17) is 4.74 Å². The summed E-state index contributed by atoms with van der Waals surface area (Å²) < 4.78 is 5.36.